The van der Waals surface area contributed by atoms with Gasteiger partial charge in [0.05, 0.1) is 6.54 Å². The molecular weight excluding hydrogens is 262 g/mol. The summed E-state index contributed by atoms with van der Waals surface area (Å²) in [5.41, 5.74) is 0.244. The summed E-state index contributed by atoms with van der Waals surface area (Å²) in [6, 6.07) is 10.2. The monoisotopic (exact) mass is 275 g/mol. The van der Waals surface area contributed by atoms with Crippen LogP contribution in [-0.2, 0) is 13.1 Å². The van der Waals surface area contributed by atoms with E-state index in [4.69, 9.17) is 9.52 Å². The van der Waals surface area contributed by atoms with E-state index in [-0.39, 0.29) is 12.3 Å². The SMILES string of the molecule is O=C(O)c1cc(=O)c(O)c(CNCc2ccccc2)o1. The molecule has 0 amide bonds. The zero-order valence-electron chi connectivity index (χ0n) is 10.5. The normalized spacial score (nSPS) is 10.4. The van der Waals surface area contributed by atoms with E-state index in [2.05, 4.69) is 5.32 Å². The fourth-order valence-corrected chi connectivity index (χ4v) is 1.68. The van der Waals surface area contributed by atoms with E-state index in [0.717, 1.165) is 11.6 Å². The zero-order valence-corrected chi connectivity index (χ0v) is 10.5. The highest BCUT2D eigenvalue weighted by Crippen LogP contribution is 2.13. The average molecular weight is 275 g/mol. The molecule has 0 atom stereocenters. The number of carboxylic acid groups (broad SMARTS) is 1. The van der Waals surface area contributed by atoms with Gasteiger partial charge in [-0.2, -0.15) is 0 Å². The standard InChI is InChI=1S/C14H13NO5/c16-10-6-11(14(18)19)20-12(13(10)17)8-15-7-9-4-2-1-3-5-9/h1-6,15,17H,7-8H2,(H,18,19). The summed E-state index contributed by atoms with van der Waals surface area (Å²) in [6.45, 7) is 0.554. The van der Waals surface area contributed by atoms with Gasteiger partial charge in [0, 0.05) is 12.6 Å². The predicted molar refractivity (Wildman–Crippen MR) is 70.6 cm³/mol. The first kappa shape index (κ1) is 13.8. The number of rotatable bonds is 5. The van der Waals surface area contributed by atoms with Crippen LogP contribution in [0.2, 0.25) is 0 Å². The molecule has 2 aromatic rings. The lowest BCUT2D eigenvalue weighted by atomic mass is 10.2. The summed E-state index contributed by atoms with van der Waals surface area (Å²) < 4.78 is 4.98. The Morgan fingerprint density at radius 2 is 1.90 bits per heavy atom. The third-order valence-corrected chi connectivity index (χ3v) is 2.66. The lowest BCUT2D eigenvalue weighted by Crippen LogP contribution is -2.16. The Morgan fingerprint density at radius 3 is 2.55 bits per heavy atom. The first-order valence-corrected chi connectivity index (χ1v) is 5.92. The van der Waals surface area contributed by atoms with Crippen LogP contribution < -0.4 is 10.7 Å². The van der Waals surface area contributed by atoms with Gasteiger partial charge in [-0.3, -0.25) is 4.79 Å². The smallest absolute Gasteiger partial charge is 0.371 e. The van der Waals surface area contributed by atoms with E-state index < -0.39 is 22.9 Å². The fraction of sp³-hybridized carbons (Fsp3) is 0.143. The van der Waals surface area contributed by atoms with Crippen LogP contribution in [0.4, 0.5) is 0 Å². The van der Waals surface area contributed by atoms with Crippen molar-refractivity contribution in [2.75, 3.05) is 0 Å². The topological polar surface area (TPSA) is 99.8 Å². The molecule has 0 bridgehead atoms. The predicted octanol–water partition coefficient (Wildman–Crippen LogP) is 1.33. The van der Waals surface area contributed by atoms with Gasteiger partial charge in [-0.1, -0.05) is 30.3 Å². The van der Waals surface area contributed by atoms with Crippen molar-refractivity contribution in [2.45, 2.75) is 13.1 Å². The third-order valence-electron chi connectivity index (χ3n) is 2.66. The van der Waals surface area contributed by atoms with E-state index >= 15 is 0 Å². The van der Waals surface area contributed by atoms with Gasteiger partial charge in [0.15, 0.2) is 5.76 Å². The van der Waals surface area contributed by atoms with Crippen LogP contribution in [0.25, 0.3) is 0 Å². The van der Waals surface area contributed by atoms with Crippen molar-refractivity contribution in [1.82, 2.24) is 5.32 Å². The van der Waals surface area contributed by atoms with Crippen molar-refractivity contribution < 1.29 is 19.4 Å². The molecule has 1 aromatic carbocycles. The number of hydrogen-bond donors (Lipinski definition) is 3. The molecule has 1 heterocycles. The maximum absolute atomic E-state index is 11.4. The minimum Gasteiger partial charge on any atom is -0.502 e. The van der Waals surface area contributed by atoms with E-state index in [9.17, 15) is 14.7 Å². The Morgan fingerprint density at radius 1 is 1.20 bits per heavy atom. The minimum atomic E-state index is -1.36. The van der Waals surface area contributed by atoms with E-state index in [1.807, 2.05) is 30.3 Å². The molecule has 0 saturated carbocycles. The molecule has 0 radical (unpaired) electrons. The molecule has 6 heteroatoms. The highest BCUT2D eigenvalue weighted by atomic mass is 16.4. The molecule has 0 spiro atoms. The average Bonchev–Trinajstić information content (AvgIpc) is 2.44. The first-order chi connectivity index (χ1) is 9.58. The van der Waals surface area contributed by atoms with Gasteiger partial charge < -0.3 is 19.9 Å². The highest BCUT2D eigenvalue weighted by Gasteiger charge is 2.14. The largest absolute Gasteiger partial charge is 0.502 e. The quantitative estimate of drug-likeness (QED) is 0.761. The Kier molecular flexibility index (Phi) is 4.17. The molecule has 104 valence electrons. The Labute approximate surface area is 114 Å². The summed E-state index contributed by atoms with van der Waals surface area (Å²) in [7, 11) is 0. The van der Waals surface area contributed by atoms with Gasteiger partial charge in [0.1, 0.15) is 0 Å². The lowest BCUT2D eigenvalue weighted by Gasteiger charge is -2.06. The molecule has 2 rings (SSSR count). The number of benzene rings is 1. The highest BCUT2D eigenvalue weighted by molar-refractivity contribution is 5.84. The number of carbonyl (C=O) groups is 1. The number of aromatic hydroxyl groups is 1. The second-order valence-corrected chi connectivity index (χ2v) is 4.14. The molecule has 6 nitrogen and oxygen atoms in total. The fourth-order valence-electron chi connectivity index (χ4n) is 1.68. The van der Waals surface area contributed by atoms with Crippen LogP contribution in [-0.4, -0.2) is 16.2 Å². The van der Waals surface area contributed by atoms with Crippen LogP contribution >= 0.6 is 0 Å². The summed E-state index contributed by atoms with van der Waals surface area (Å²) in [4.78, 5) is 22.2. The maximum atomic E-state index is 11.4. The van der Waals surface area contributed by atoms with E-state index in [1.165, 1.54) is 0 Å². The lowest BCUT2D eigenvalue weighted by molar-refractivity contribution is 0.0655. The van der Waals surface area contributed by atoms with Crippen molar-refractivity contribution in [3.8, 4) is 5.75 Å². The number of nitrogens with one attached hydrogen (secondary N) is 1. The van der Waals surface area contributed by atoms with Crippen molar-refractivity contribution in [3.63, 3.8) is 0 Å². The summed E-state index contributed by atoms with van der Waals surface area (Å²) in [6.07, 6.45) is 0. The van der Waals surface area contributed by atoms with Crippen molar-refractivity contribution in [3.05, 3.63) is 63.7 Å². The molecule has 1 aromatic heterocycles. The molecule has 0 unspecified atom stereocenters. The first-order valence-electron chi connectivity index (χ1n) is 5.92. The molecule has 0 aliphatic carbocycles. The Hall–Kier alpha value is -2.60. The van der Waals surface area contributed by atoms with Crippen LogP contribution in [0.15, 0.2) is 45.6 Å². The van der Waals surface area contributed by atoms with E-state index in [1.54, 1.807) is 0 Å². The van der Waals surface area contributed by atoms with Gasteiger partial charge in [-0.25, -0.2) is 4.79 Å². The molecule has 0 saturated heterocycles. The molecule has 0 aliphatic rings. The van der Waals surface area contributed by atoms with Crippen molar-refractivity contribution in [2.24, 2.45) is 0 Å². The van der Waals surface area contributed by atoms with Crippen molar-refractivity contribution in [1.29, 1.82) is 0 Å². The second-order valence-electron chi connectivity index (χ2n) is 4.14. The zero-order chi connectivity index (χ0) is 14.5. The number of carboxylic acids is 1. The van der Waals surface area contributed by atoms with Crippen LogP contribution in [0, 0.1) is 0 Å². The van der Waals surface area contributed by atoms with Crippen molar-refractivity contribution >= 4 is 5.97 Å². The van der Waals surface area contributed by atoms with Crippen LogP contribution in [0.1, 0.15) is 21.9 Å². The van der Waals surface area contributed by atoms with Gasteiger partial charge in [-0.15, -0.1) is 0 Å². The summed E-state index contributed by atoms with van der Waals surface area (Å²) >= 11 is 0. The number of aromatic carboxylic acids is 1. The second kappa shape index (κ2) is 6.03. The third kappa shape index (κ3) is 3.24. The van der Waals surface area contributed by atoms with Gasteiger partial charge in [0.25, 0.3) is 0 Å². The molecule has 0 aliphatic heterocycles. The van der Waals surface area contributed by atoms with Gasteiger partial charge in [0.2, 0.25) is 16.9 Å². The Bertz CT molecular complexity index is 663. The molecular formula is C14H13NO5. The van der Waals surface area contributed by atoms with Crippen LogP contribution in [0.5, 0.6) is 5.75 Å². The van der Waals surface area contributed by atoms with Crippen LogP contribution in [0.3, 0.4) is 0 Å². The minimum absolute atomic E-state index is 0.0527. The molecule has 0 fully saturated rings. The van der Waals surface area contributed by atoms with Gasteiger partial charge >= 0.3 is 5.97 Å². The van der Waals surface area contributed by atoms with E-state index in [0.29, 0.717) is 6.54 Å². The maximum Gasteiger partial charge on any atom is 0.371 e. The molecule has 20 heavy (non-hydrogen) atoms. The summed E-state index contributed by atoms with van der Waals surface area (Å²) in [5, 5.41) is 21.3. The molecule has 3 N–H and O–H groups in total. The Balaban J connectivity index is 2.09. The van der Waals surface area contributed by atoms with Gasteiger partial charge in [-0.05, 0) is 5.56 Å². The summed E-state index contributed by atoms with van der Waals surface area (Å²) in [5.74, 6) is -2.52. The number of hydrogen-bond acceptors (Lipinski definition) is 5.